The van der Waals surface area contributed by atoms with Gasteiger partial charge in [0.25, 0.3) is 11.8 Å². The number of amides is 2. The summed E-state index contributed by atoms with van der Waals surface area (Å²) in [6.07, 6.45) is 0. The van der Waals surface area contributed by atoms with Crippen LogP contribution in [0.3, 0.4) is 0 Å². The molecule has 0 saturated heterocycles. The minimum Gasteiger partial charge on any atom is -0.497 e. The summed E-state index contributed by atoms with van der Waals surface area (Å²) in [5, 5.41) is 2.00. The van der Waals surface area contributed by atoms with Gasteiger partial charge in [0.05, 0.1) is 7.11 Å². The molecule has 1 N–H and O–H groups in total. The lowest BCUT2D eigenvalue weighted by molar-refractivity contribution is -0.150. The highest BCUT2D eigenvalue weighted by Gasteiger charge is 2.14. The molecule has 2 aromatic rings. The molecule has 0 spiro atoms. The van der Waals surface area contributed by atoms with Gasteiger partial charge in [-0.3, -0.25) is 14.9 Å². The smallest absolute Gasteiger partial charge is 0.387 e. The van der Waals surface area contributed by atoms with E-state index in [0.717, 1.165) is 12.1 Å². The molecule has 0 aromatic heterocycles. The number of rotatable bonds is 9. The summed E-state index contributed by atoms with van der Waals surface area (Å²) in [6.45, 7) is -4.11. The Bertz CT molecular complexity index is 839. The number of carbonyl (C=O) groups is 3. The van der Waals surface area contributed by atoms with E-state index in [4.69, 9.17) is 14.2 Å². The maximum Gasteiger partial charge on any atom is 0.387 e. The Labute approximate surface area is 164 Å². The minimum absolute atomic E-state index is 0.0362. The standard InChI is InChI=1S/C19H17F2NO7/c1-26-13-6-8-14(9-7-13)27-11-17(24)28-10-16(23)22-18(25)12-2-4-15(5-3-12)29-19(20)21/h2-9,19H,10-11H2,1H3,(H,22,23,25). The molecule has 29 heavy (non-hydrogen) atoms. The van der Waals surface area contributed by atoms with Crippen molar-refractivity contribution in [2.24, 2.45) is 0 Å². The number of halogens is 2. The molecule has 0 fully saturated rings. The number of methoxy groups -OCH3 is 1. The first-order valence-electron chi connectivity index (χ1n) is 8.19. The molecular weight excluding hydrogens is 392 g/mol. The molecule has 0 saturated carbocycles. The summed E-state index contributed by atoms with van der Waals surface area (Å²) >= 11 is 0. The van der Waals surface area contributed by atoms with Gasteiger partial charge in [0, 0.05) is 5.56 Å². The van der Waals surface area contributed by atoms with Crippen molar-refractivity contribution >= 4 is 17.8 Å². The first kappa shape index (κ1) is 21.6. The average molecular weight is 409 g/mol. The van der Waals surface area contributed by atoms with Crippen LogP contribution in [0.2, 0.25) is 0 Å². The molecule has 0 aliphatic carbocycles. The summed E-state index contributed by atoms with van der Waals surface area (Å²) < 4.78 is 43.2. The SMILES string of the molecule is COc1ccc(OCC(=O)OCC(=O)NC(=O)c2ccc(OC(F)F)cc2)cc1. The van der Waals surface area contributed by atoms with Gasteiger partial charge in [-0.2, -0.15) is 8.78 Å². The first-order valence-corrected chi connectivity index (χ1v) is 8.19. The number of nitrogens with one attached hydrogen (secondary N) is 1. The third-order valence-electron chi connectivity index (χ3n) is 3.37. The number of esters is 1. The van der Waals surface area contributed by atoms with Gasteiger partial charge in [-0.1, -0.05) is 0 Å². The van der Waals surface area contributed by atoms with Crippen molar-refractivity contribution in [2.75, 3.05) is 20.3 Å². The van der Waals surface area contributed by atoms with Crippen molar-refractivity contribution in [2.45, 2.75) is 6.61 Å². The Morgan fingerprint density at radius 2 is 1.48 bits per heavy atom. The number of hydrogen-bond donors (Lipinski definition) is 1. The van der Waals surface area contributed by atoms with Crippen LogP contribution in [0.25, 0.3) is 0 Å². The fourth-order valence-corrected chi connectivity index (χ4v) is 2.02. The lowest BCUT2D eigenvalue weighted by atomic mass is 10.2. The van der Waals surface area contributed by atoms with Gasteiger partial charge in [-0.15, -0.1) is 0 Å². The topological polar surface area (TPSA) is 100 Å². The zero-order valence-corrected chi connectivity index (χ0v) is 15.2. The summed E-state index contributed by atoms with van der Waals surface area (Å²) in [6, 6.07) is 11.2. The monoisotopic (exact) mass is 409 g/mol. The highest BCUT2D eigenvalue weighted by molar-refractivity contribution is 6.05. The van der Waals surface area contributed by atoms with E-state index in [0.29, 0.717) is 11.5 Å². The number of carbonyl (C=O) groups excluding carboxylic acids is 3. The fraction of sp³-hybridized carbons (Fsp3) is 0.211. The van der Waals surface area contributed by atoms with Crippen LogP contribution in [-0.2, 0) is 14.3 Å². The maximum absolute atomic E-state index is 12.1. The van der Waals surface area contributed by atoms with Crippen molar-refractivity contribution in [1.82, 2.24) is 5.32 Å². The van der Waals surface area contributed by atoms with Crippen LogP contribution in [0.1, 0.15) is 10.4 Å². The lowest BCUT2D eigenvalue weighted by Crippen LogP contribution is -2.34. The Morgan fingerprint density at radius 3 is 2.07 bits per heavy atom. The fourth-order valence-electron chi connectivity index (χ4n) is 2.02. The van der Waals surface area contributed by atoms with Crippen molar-refractivity contribution in [3.63, 3.8) is 0 Å². The van der Waals surface area contributed by atoms with Gasteiger partial charge in [-0.25, -0.2) is 4.79 Å². The molecule has 8 nitrogen and oxygen atoms in total. The Kier molecular flexibility index (Phi) is 7.89. The van der Waals surface area contributed by atoms with E-state index in [1.807, 2.05) is 5.32 Å². The summed E-state index contributed by atoms with van der Waals surface area (Å²) in [5.74, 6) is -1.56. The molecule has 2 aromatic carbocycles. The first-order chi connectivity index (χ1) is 13.9. The van der Waals surface area contributed by atoms with E-state index in [9.17, 15) is 23.2 Å². The number of alkyl halides is 2. The van der Waals surface area contributed by atoms with Gasteiger partial charge in [0.2, 0.25) is 0 Å². The predicted octanol–water partition coefficient (Wildman–Crippen LogP) is 2.18. The second-order valence-corrected chi connectivity index (χ2v) is 5.41. The van der Waals surface area contributed by atoms with Gasteiger partial charge >= 0.3 is 12.6 Å². The van der Waals surface area contributed by atoms with Gasteiger partial charge in [0.1, 0.15) is 17.2 Å². The van der Waals surface area contributed by atoms with E-state index in [1.165, 1.54) is 19.2 Å². The van der Waals surface area contributed by atoms with Crippen LogP contribution in [0, 0.1) is 0 Å². The van der Waals surface area contributed by atoms with Crippen molar-refractivity contribution in [1.29, 1.82) is 0 Å². The third kappa shape index (κ3) is 7.45. The molecule has 2 rings (SSSR count). The van der Waals surface area contributed by atoms with Crippen LogP contribution in [-0.4, -0.2) is 44.7 Å². The van der Waals surface area contributed by atoms with E-state index in [2.05, 4.69) is 4.74 Å². The second kappa shape index (κ2) is 10.6. The lowest BCUT2D eigenvalue weighted by Gasteiger charge is -2.08. The van der Waals surface area contributed by atoms with Crippen molar-refractivity contribution in [3.8, 4) is 17.2 Å². The third-order valence-corrected chi connectivity index (χ3v) is 3.37. The second-order valence-electron chi connectivity index (χ2n) is 5.41. The van der Waals surface area contributed by atoms with E-state index < -0.39 is 37.6 Å². The van der Waals surface area contributed by atoms with E-state index >= 15 is 0 Å². The normalized spacial score (nSPS) is 10.2. The van der Waals surface area contributed by atoms with Crippen LogP contribution in [0.15, 0.2) is 48.5 Å². The Balaban J connectivity index is 1.72. The highest BCUT2D eigenvalue weighted by Crippen LogP contribution is 2.17. The molecule has 0 heterocycles. The molecule has 0 aliphatic rings. The number of benzene rings is 2. The molecule has 0 bridgehead atoms. The summed E-state index contributed by atoms with van der Waals surface area (Å²) in [7, 11) is 1.51. The Hall–Kier alpha value is -3.69. The number of hydrogen-bond acceptors (Lipinski definition) is 7. The van der Waals surface area contributed by atoms with E-state index in [1.54, 1.807) is 24.3 Å². The van der Waals surface area contributed by atoms with Crippen LogP contribution < -0.4 is 19.5 Å². The van der Waals surface area contributed by atoms with Gasteiger partial charge < -0.3 is 18.9 Å². The molecule has 0 radical (unpaired) electrons. The summed E-state index contributed by atoms with van der Waals surface area (Å²) in [4.78, 5) is 35.2. The molecule has 0 atom stereocenters. The zero-order valence-electron chi connectivity index (χ0n) is 15.2. The molecular formula is C19H17F2NO7. The van der Waals surface area contributed by atoms with E-state index in [-0.39, 0.29) is 11.3 Å². The van der Waals surface area contributed by atoms with Crippen molar-refractivity contribution in [3.05, 3.63) is 54.1 Å². The maximum atomic E-state index is 12.1. The molecule has 0 unspecified atom stereocenters. The molecule has 0 aliphatic heterocycles. The molecule has 154 valence electrons. The largest absolute Gasteiger partial charge is 0.497 e. The van der Waals surface area contributed by atoms with Gasteiger partial charge in [0.15, 0.2) is 13.2 Å². The average Bonchev–Trinajstić information content (AvgIpc) is 2.71. The summed E-state index contributed by atoms with van der Waals surface area (Å²) in [5.41, 5.74) is 0.0362. The number of imide groups is 1. The van der Waals surface area contributed by atoms with Crippen LogP contribution >= 0.6 is 0 Å². The zero-order chi connectivity index (χ0) is 21.2. The predicted molar refractivity (Wildman–Crippen MR) is 95.0 cm³/mol. The van der Waals surface area contributed by atoms with Crippen LogP contribution in [0.5, 0.6) is 17.2 Å². The minimum atomic E-state index is -2.99. The Morgan fingerprint density at radius 1 is 0.897 bits per heavy atom. The quantitative estimate of drug-likeness (QED) is 0.634. The number of ether oxygens (including phenoxy) is 4. The molecule has 2 amide bonds. The van der Waals surface area contributed by atoms with Crippen LogP contribution in [0.4, 0.5) is 8.78 Å². The van der Waals surface area contributed by atoms with Gasteiger partial charge in [-0.05, 0) is 48.5 Å². The molecule has 10 heteroatoms. The van der Waals surface area contributed by atoms with Crippen molar-refractivity contribution < 1.29 is 42.1 Å². The highest BCUT2D eigenvalue weighted by atomic mass is 19.3.